The number of aromatic nitrogens is 1. The molecule has 1 aromatic heterocycles. The van der Waals surface area contributed by atoms with Gasteiger partial charge in [-0.15, -0.1) is 6.58 Å². The zero-order chi connectivity index (χ0) is 20.4. The predicted molar refractivity (Wildman–Crippen MR) is 115 cm³/mol. The van der Waals surface area contributed by atoms with E-state index in [0.29, 0.717) is 13.1 Å². The lowest BCUT2D eigenvalue weighted by Crippen LogP contribution is -2.36. The average Bonchev–Trinajstić information content (AvgIpc) is 3.14. The molecule has 0 aliphatic carbocycles. The van der Waals surface area contributed by atoms with Gasteiger partial charge >= 0.3 is 0 Å². The fraction of sp³-hybridized carbons (Fsp3) is 0.458. The van der Waals surface area contributed by atoms with Crippen molar-refractivity contribution in [1.82, 2.24) is 9.47 Å². The van der Waals surface area contributed by atoms with Gasteiger partial charge in [0.15, 0.2) is 0 Å². The normalized spacial score (nSPS) is 11.8. The van der Waals surface area contributed by atoms with Crippen LogP contribution in [0.1, 0.15) is 50.8 Å². The zero-order valence-electron chi connectivity index (χ0n) is 17.6. The van der Waals surface area contributed by atoms with Crippen molar-refractivity contribution in [3.63, 3.8) is 0 Å². The molecule has 0 bridgehead atoms. The number of carbonyl (C=O) groups excluding carboxylic acids is 1. The summed E-state index contributed by atoms with van der Waals surface area (Å²) in [6, 6.07) is 12.2. The minimum atomic E-state index is 0.0988. The average molecular weight is 383 g/mol. The van der Waals surface area contributed by atoms with Crippen molar-refractivity contribution >= 4 is 5.91 Å². The Morgan fingerprint density at radius 2 is 2.11 bits per heavy atom. The Morgan fingerprint density at radius 3 is 2.79 bits per heavy atom. The lowest BCUT2D eigenvalue weighted by molar-refractivity contribution is -0.136. The largest absolute Gasteiger partial charge is 0.497 e. The van der Waals surface area contributed by atoms with E-state index in [1.165, 1.54) is 5.56 Å². The molecule has 1 atom stereocenters. The summed E-state index contributed by atoms with van der Waals surface area (Å²) in [6.45, 7) is 10.1. The summed E-state index contributed by atoms with van der Waals surface area (Å²) in [4.78, 5) is 15.0. The maximum atomic E-state index is 13.1. The van der Waals surface area contributed by atoms with Crippen LogP contribution in [0.4, 0.5) is 0 Å². The van der Waals surface area contributed by atoms with Crippen LogP contribution in [-0.2, 0) is 17.9 Å². The molecule has 1 amide bonds. The first kappa shape index (κ1) is 21.8. The third-order valence-electron chi connectivity index (χ3n) is 5.17. The van der Waals surface area contributed by atoms with Crippen LogP contribution in [0, 0.1) is 5.92 Å². The first-order valence-corrected chi connectivity index (χ1v) is 10.3. The third-order valence-corrected chi connectivity index (χ3v) is 5.17. The number of ether oxygens (including phenoxy) is 1. The molecule has 0 aliphatic heterocycles. The fourth-order valence-corrected chi connectivity index (χ4v) is 3.51. The number of amides is 1. The molecule has 0 N–H and O–H groups in total. The molecule has 4 nitrogen and oxygen atoms in total. The molecule has 152 valence electrons. The summed E-state index contributed by atoms with van der Waals surface area (Å²) in [5.41, 5.74) is 2.30. The van der Waals surface area contributed by atoms with Crippen LogP contribution in [0.2, 0.25) is 0 Å². The zero-order valence-corrected chi connectivity index (χ0v) is 17.6. The second kappa shape index (κ2) is 11.4. The highest BCUT2D eigenvalue weighted by Gasteiger charge is 2.22. The topological polar surface area (TPSA) is 34.5 Å². The van der Waals surface area contributed by atoms with E-state index in [4.69, 9.17) is 4.74 Å². The molecule has 0 aliphatic rings. The molecule has 1 unspecified atom stereocenters. The summed E-state index contributed by atoms with van der Waals surface area (Å²) < 4.78 is 7.53. The third kappa shape index (κ3) is 6.01. The van der Waals surface area contributed by atoms with Crippen molar-refractivity contribution in [1.29, 1.82) is 0 Å². The van der Waals surface area contributed by atoms with Crippen LogP contribution < -0.4 is 4.74 Å². The van der Waals surface area contributed by atoms with Crippen molar-refractivity contribution in [3.8, 4) is 5.75 Å². The van der Waals surface area contributed by atoms with Gasteiger partial charge in [-0.05, 0) is 42.7 Å². The van der Waals surface area contributed by atoms with E-state index in [2.05, 4.69) is 43.3 Å². The second-order valence-corrected chi connectivity index (χ2v) is 7.23. The number of methoxy groups -OCH3 is 1. The fourth-order valence-electron chi connectivity index (χ4n) is 3.51. The van der Waals surface area contributed by atoms with E-state index in [9.17, 15) is 4.79 Å². The van der Waals surface area contributed by atoms with Crippen LogP contribution in [0.3, 0.4) is 0 Å². The Morgan fingerprint density at radius 1 is 1.29 bits per heavy atom. The quantitative estimate of drug-likeness (QED) is 0.468. The van der Waals surface area contributed by atoms with Gasteiger partial charge < -0.3 is 14.2 Å². The standard InChI is InChI=1S/C24H34N2O2/c1-5-8-12-21(7-3)24(27)26(15-6-2)19-22-13-10-16-25(22)18-20-11-9-14-23(17-20)28-4/h6,9-11,13-14,16-17,21H,2,5,7-8,12,15,18-19H2,1,3-4H3. The number of benzene rings is 1. The van der Waals surface area contributed by atoms with Crippen LogP contribution in [-0.4, -0.2) is 29.0 Å². The van der Waals surface area contributed by atoms with Gasteiger partial charge in [0.25, 0.3) is 0 Å². The molecule has 0 radical (unpaired) electrons. The molecular formula is C24H34N2O2. The van der Waals surface area contributed by atoms with Gasteiger partial charge in [0.2, 0.25) is 5.91 Å². The van der Waals surface area contributed by atoms with Gasteiger partial charge in [-0.2, -0.15) is 0 Å². The van der Waals surface area contributed by atoms with Crippen molar-refractivity contribution in [3.05, 3.63) is 66.5 Å². The van der Waals surface area contributed by atoms with Gasteiger partial charge in [-0.1, -0.05) is 44.9 Å². The van der Waals surface area contributed by atoms with Crippen LogP contribution in [0.5, 0.6) is 5.75 Å². The molecule has 0 fully saturated rings. The minimum Gasteiger partial charge on any atom is -0.497 e. The molecule has 28 heavy (non-hydrogen) atoms. The van der Waals surface area contributed by atoms with E-state index in [0.717, 1.165) is 43.7 Å². The van der Waals surface area contributed by atoms with Crippen LogP contribution >= 0.6 is 0 Å². The van der Waals surface area contributed by atoms with E-state index in [1.807, 2.05) is 35.2 Å². The molecule has 2 aromatic rings. The maximum absolute atomic E-state index is 13.1. The van der Waals surface area contributed by atoms with Gasteiger partial charge in [0.05, 0.1) is 13.7 Å². The van der Waals surface area contributed by atoms with E-state index < -0.39 is 0 Å². The molecule has 4 heteroatoms. The highest BCUT2D eigenvalue weighted by Crippen LogP contribution is 2.19. The van der Waals surface area contributed by atoms with Crippen LogP contribution in [0.15, 0.2) is 55.3 Å². The number of rotatable bonds is 12. The van der Waals surface area contributed by atoms with Crippen molar-refractivity contribution in [2.75, 3.05) is 13.7 Å². The summed E-state index contributed by atoms with van der Waals surface area (Å²) in [6.07, 6.45) is 7.95. The summed E-state index contributed by atoms with van der Waals surface area (Å²) in [7, 11) is 1.68. The van der Waals surface area contributed by atoms with Crippen LogP contribution in [0.25, 0.3) is 0 Å². The van der Waals surface area contributed by atoms with Gasteiger partial charge in [0.1, 0.15) is 5.75 Å². The molecule has 1 heterocycles. The van der Waals surface area contributed by atoms with Crippen molar-refractivity contribution in [2.24, 2.45) is 5.92 Å². The lowest BCUT2D eigenvalue weighted by atomic mass is 9.97. The van der Waals surface area contributed by atoms with Gasteiger partial charge in [-0.3, -0.25) is 4.79 Å². The Hall–Kier alpha value is -2.49. The molecule has 1 aromatic carbocycles. The summed E-state index contributed by atoms with van der Waals surface area (Å²) >= 11 is 0. The lowest BCUT2D eigenvalue weighted by Gasteiger charge is -2.26. The minimum absolute atomic E-state index is 0.0988. The molecule has 0 saturated carbocycles. The number of unbranched alkanes of at least 4 members (excludes halogenated alkanes) is 1. The van der Waals surface area contributed by atoms with Gasteiger partial charge in [0, 0.05) is 30.9 Å². The Balaban J connectivity index is 2.14. The number of hydrogen-bond donors (Lipinski definition) is 0. The SMILES string of the molecule is C=CCN(Cc1cccn1Cc1cccc(OC)c1)C(=O)C(CC)CCCC. The molecule has 0 saturated heterocycles. The Labute approximate surface area is 169 Å². The van der Waals surface area contributed by atoms with Crippen molar-refractivity contribution < 1.29 is 9.53 Å². The summed E-state index contributed by atoms with van der Waals surface area (Å²) in [5.74, 6) is 1.20. The second-order valence-electron chi connectivity index (χ2n) is 7.23. The highest BCUT2D eigenvalue weighted by atomic mass is 16.5. The Bertz CT molecular complexity index is 751. The monoisotopic (exact) mass is 382 g/mol. The number of carbonyl (C=O) groups is 1. The Kier molecular flexibility index (Phi) is 8.86. The molecular weight excluding hydrogens is 348 g/mol. The smallest absolute Gasteiger partial charge is 0.226 e. The number of hydrogen-bond acceptors (Lipinski definition) is 2. The highest BCUT2D eigenvalue weighted by molar-refractivity contribution is 5.78. The predicted octanol–water partition coefficient (Wildman–Crippen LogP) is 5.28. The summed E-state index contributed by atoms with van der Waals surface area (Å²) in [5, 5.41) is 0. The number of nitrogens with zero attached hydrogens (tertiary/aromatic N) is 2. The molecule has 2 rings (SSSR count). The van der Waals surface area contributed by atoms with E-state index in [1.54, 1.807) is 7.11 Å². The van der Waals surface area contributed by atoms with E-state index in [-0.39, 0.29) is 11.8 Å². The molecule has 0 spiro atoms. The van der Waals surface area contributed by atoms with Gasteiger partial charge in [-0.25, -0.2) is 0 Å². The van der Waals surface area contributed by atoms with E-state index >= 15 is 0 Å². The van der Waals surface area contributed by atoms with Crippen molar-refractivity contribution in [2.45, 2.75) is 52.6 Å². The first-order valence-electron chi connectivity index (χ1n) is 10.3. The first-order chi connectivity index (χ1) is 13.6. The maximum Gasteiger partial charge on any atom is 0.226 e.